The lowest BCUT2D eigenvalue weighted by molar-refractivity contribution is -0.130. The number of nitrogens with zero attached hydrogens (tertiary/aromatic N) is 1. The van der Waals surface area contributed by atoms with E-state index >= 15 is 0 Å². The fourth-order valence-corrected chi connectivity index (χ4v) is 2.06. The molecule has 0 radical (unpaired) electrons. The number of hydrogen-bond donors (Lipinski definition) is 1. The molecule has 0 rings (SSSR count). The average Bonchev–Trinajstić information content (AvgIpc) is 2.41. The molecule has 0 aliphatic carbocycles. The summed E-state index contributed by atoms with van der Waals surface area (Å²) in [6, 6.07) is 0.500. The van der Waals surface area contributed by atoms with Gasteiger partial charge in [-0.15, -0.1) is 0 Å². The topological polar surface area (TPSA) is 49.4 Å². The van der Waals surface area contributed by atoms with Gasteiger partial charge in [0, 0.05) is 38.4 Å². The van der Waals surface area contributed by atoms with Crippen molar-refractivity contribution in [2.45, 2.75) is 72.3 Å². The van der Waals surface area contributed by atoms with Crippen LogP contribution in [0.4, 0.5) is 0 Å². The summed E-state index contributed by atoms with van der Waals surface area (Å²) >= 11 is 0. The first-order valence-corrected chi connectivity index (χ1v) is 8.34. The molecule has 0 heterocycles. The third-order valence-corrected chi connectivity index (χ3v) is 3.61. The lowest BCUT2D eigenvalue weighted by atomic mass is 10.0. The Morgan fingerprint density at radius 2 is 1.57 bits per heavy atom. The van der Waals surface area contributed by atoms with Crippen LogP contribution in [0.15, 0.2) is 0 Å². The highest BCUT2D eigenvalue weighted by atomic mass is 16.2. The van der Waals surface area contributed by atoms with Crippen LogP contribution in [0, 0.1) is 5.92 Å². The Labute approximate surface area is 130 Å². The van der Waals surface area contributed by atoms with Gasteiger partial charge in [-0.1, -0.05) is 34.1 Å². The van der Waals surface area contributed by atoms with Gasteiger partial charge in [-0.25, -0.2) is 0 Å². The van der Waals surface area contributed by atoms with Gasteiger partial charge >= 0.3 is 0 Å². The van der Waals surface area contributed by atoms with Crippen LogP contribution in [-0.2, 0) is 9.59 Å². The fraction of sp³-hybridized carbons (Fsp3) is 0.882. The molecule has 0 aromatic rings. The number of ketones is 1. The van der Waals surface area contributed by atoms with Gasteiger partial charge in [0.1, 0.15) is 5.78 Å². The Morgan fingerprint density at radius 1 is 0.952 bits per heavy atom. The van der Waals surface area contributed by atoms with Gasteiger partial charge in [0.25, 0.3) is 0 Å². The maximum Gasteiger partial charge on any atom is 0.222 e. The second kappa shape index (κ2) is 11.7. The van der Waals surface area contributed by atoms with Gasteiger partial charge in [-0.3, -0.25) is 9.59 Å². The van der Waals surface area contributed by atoms with Crippen LogP contribution in [0.2, 0.25) is 0 Å². The molecule has 0 saturated heterocycles. The third kappa shape index (κ3) is 11.4. The fourth-order valence-electron chi connectivity index (χ4n) is 2.06. The summed E-state index contributed by atoms with van der Waals surface area (Å²) in [5.41, 5.74) is 0. The summed E-state index contributed by atoms with van der Waals surface area (Å²) in [6.45, 7) is 9.89. The van der Waals surface area contributed by atoms with Gasteiger partial charge in [-0.05, 0) is 25.8 Å². The van der Waals surface area contributed by atoms with E-state index in [2.05, 4.69) is 19.2 Å². The summed E-state index contributed by atoms with van der Waals surface area (Å²) in [5, 5.41) is 3.35. The van der Waals surface area contributed by atoms with Crippen molar-refractivity contribution in [1.82, 2.24) is 10.2 Å². The molecule has 0 aromatic heterocycles. The van der Waals surface area contributed by atoms with Crippen molar-refractivity contribution in [3.05, 3.63) is 0 Å². The maximum atomic E-state index is 11.9. The van der Waals surface area contributed by atoms with Gasteiger partial charge in [0.2, 0.25) is 5.91 Å². The Morgan fingerprint density at radius 3 is 2.14 bits per heavy atom. The van der Waals surface area contributed by atoms with E-state index in [0.717, 1.165) is 38.8 Å². The van der Waals surface area contributed by atoms with Gasteiger partial charge in [0.15, 0.2) is 0 Å². The van der Waals surface area contributed by atoms with Gasteiger partial charge in [-0.2, -0.15) is 0 Å². The number of Topliss-reactive ketones (excluding diaryl/α,β-unsaturated/α-hetero) is 1. The molecule has 1 N–H and O–H groups in total. The van der Waals surface area contributed by atoms with E-state index < -0.39 is 0 Å². The summed E-state index contributed by atoms with van der Waals surface area (Å²) in [6.07, 6.45) is 5.01. The van der Waals surface area contributed by atoms with E-state index in [9.17, 15) is 9.59 Å². The van der Waals surface area contributed by atoms with Crippen LogP contribution in [0.1, 0.15) is 66.2 Å². The minimum Gasteiger partial charge on any atom is -0.346 e. The Bertz CT molecular complexity index is 301. The normalized spacial score (nSPS) is 11.2. The molecule has 0 atom stereocenters. The SMILES string of the molecule is CC(C)NCCCN(C)C(=O)CCCCCC(=O)C(C)C. The predicted octanol–water partition coefficient (Wildman–Crippen LogP) is 3.01. The highest BCUT2D eigenvalue weighted by Gasteiger charge is 2.09. The van der Waals surface area contributed by atoms with Gasteiger partial charge < -0.3 is 10.2 Å². The first-order chi connectivity index (χ1) is 9.84. The Balaban J connectivity index is 3.58. The quantitative estimate of drug-likeness (QED) is 0.563. The zero-order valence-electron chi connectivity index (χ0n) is 14.6. The molecular formula is C17H34N2O2. The van der Waals surface area contributed by atoms with Crippen LogP contribution in [0.5, 0.6) is 0 Å². The lowest BCUT2D eigenvalue weighted by Crippen LogP contribution is -2.31. The number of hydrogen-bond acceptors (Lipinski definition) is 3. The zero-order valence-corrected chi connectivity index (χ0v) is 14.6. The number of unbranched alkanes of at least 4 members (excludes halogenated alkanes) is 2. The monoisotopic (exact) mass is 298 g/mol. The molecule has 0 aliphatic heterocycles. The first-order valence-electron chi connectivity index (χ1n) is 8.34. The lowest BCUT2D eigenvalue weighted by Gasteiger charge is -2.17. The number of amides is 1. The third-order valence-electron chi connectivity index (χ3n) is 3.61. The minimum atomic E-state index is 0.136. The molecule has 4 nitrogen and oxygen atoms in total. The maximum absolute atomic E-state index is 11.9. The van der Waals surface area contributed by atoms with Crippen LogP contribution < -0.4 is 5.32 Å². The molecule has 1 amide bonds. The van der Waals surface area contributed by atoms with Crippen molar-refractivity contribution in [2.24, 2.45) is 5.92 Å². The minimum absolute atomic E-state index is 0.136. The van der Waals surface area contributed by atoms with Crippen molar-refractivity contribution >= 4 is 11.7 Å². The summed E-state index contributed by atoms with van der Waals surface area (Å²) in [4.78, 5) is 25.2. The summed E-state index contributed by atoms with van der Waals surface area (Å²) in [7, 11) is 1.87. The van der Waals surface area contributed by atoms with Crippen LogP contribution in [-0.4, -0.2) is 42.8 Å². The highest BCUT2D eigenvalue weighted by molar-refractivity contribution is 5.80. The molecule has 0 unspecified atom stereocenters. The van der Waals surface area contributed by atoms with E-state index in [4.69, 9.17) is 0 Å². The number of rotatable bonds is 12. The van der Waals surface area contributed by atoms with Crippen LogP contribution in [0.3, 0.4) is 0 Å². The predicted molar refractivity (Wildman–Crippen MR) is 88.3 cm³/mol. The number of carbonyl (C=O) groups excluding carboxylic acids is 2. The summed E-state index contributed by atoms with van der Waals surface area (Å²) in [5.74, 6) is 0.683. The Kier molecular flexibility index (Phi) is 11.2. The van der Waals surface area contributed by atoms with Crippen molar-refractivity contribution < 1.29 is 9.59 Å². The average molecular weight is 298 g/mol. The first kappa shape index (κ1) is 20.1. The molecule has 0 aromatic carbocycles. The van der Waals surface area contributed by atoms with E-state index in [1.165, 1.54) is 0 Å². The Hall–Kier alpha value is -0.900. The van der Waals surface area contributed by atoms with E-state index in [1.807, 2.05) is 25.8 Å². The molecule has 4 heteroatoms. The van der Waals surface area contributed by atoms with Crippen molar-refractivity contribution in [3.8, 4) is 0 Å². The van der Waals surface area contributed by atoms with E-state index in [1.54, 1.807) is 0 Å². The second-order valence-electron chi connectivity index (χ2n) is 6.46. The van der Waals surface area contributed by atoms with E-state index in [0.29, 0.717) is 24.7 Å². The van der Waals surface area contributed by atoms with Crippen molar-refractivity contribution in [1.29, 1.82) is 0 Å². The smallest absolute Gasteiger partial charge is 0.222 e. The van der Waals surface area contributed by atoms with Crippen LogP contribution in [0.25, 0.3) is 0 Å². The van der Waals surface area contributed by atoms with Gasteiger partial charge in [0.05, 0.1) is 0 Å². The van der Waals surface area contributed by atoms with E-state index in [-0.39, 0.29) is 11.8 Å². The standard InChI is InChI=1S/C17H34N2O2/c1-14(2)16(20)10-7-6-8-11-17(21)19(5)13-9-12-18-15(3)4/h14-15,18H,6-13H2,1-5H3. The molecule has 0 aliphatic rings. The highest BCUT2D eigenvalue weighted by Crippen LogP contribution is 2.08. The van der Waals surface area contributed by atoms with Crippen molar-refractivity contribution in [3.63, 3.8) is 0 Å². The molecule has 0 fully saturated rings. The molecule has 124 valence electrons. The molecule has 0 spiro atoms. The van der Waals surface area contributed by atoms with Crippen molar-refractivity contribution in [2.75, 3.05) is 20.1 Å². The van der Waals surface area contributed by atoms with Crippen LogP contribution >= 0.6 is 0 Å². The zero-order chi connectivity index (χ0) is 16.3. The second-order valence-corrected chi connectivity index (χ2v) is 6.46. The number of nitrogens with one attached hydrogen (secondary N) is 1. The largest absolute Gasteiger partial charge is 0.346 e. The molecule has 0 bridgehead atoms. The molecule has 21 heavy (non-hydrogen) atoms. The summed E-state index contributed by atoms with van der Waals surface area (Å²) < 4.78 is 0. The molecule has 0 saturated carbocycles. The number of carbonyl (C=O) groups is 2. The molecular weight excluding hydrogens is 264 g/mol.